The van der Waals surface area contributed by atoms with Crippen LogP contribution in [0.25, 0.3) is 0 Å². The highest BCUT2D eigenvalue weighted by Gasteiger charge is 2.41. The van der Waals surface area contributed by atoms with E-state index in [1.54, 1.807) is 6.20 Å². The molecule has 4 heteroatoms. The minimum absolute atomic E-state index is 0.201. The first-order valence-corrected chi connectivity index (χ1v) is 9.42. The number of benzene rings is 2. The van der Waals surface area contributed by atoms with Gasteiger partial charge >= 0.3 is 0 Å². The van der Waals surface area contributed by atoms with Gasteiger partial charge < -0.3 is 10.3 Å². The molecule has 0 aliphatic rings. The van der Waals surface area contributed by atoms with Crippen LogP contribution in [0.1, 0.15) is 40.4 Å². The zero-order valence-corrected chi connectivity index (χ0v) is 16.8. The average molecular weight is 384 g/mol. The number of oxime groups is 1. The smallest absolute Gasteiger partial charge is 0.104 e. The highest BCUT2D eigenvalue weighted by molar-refractivity contribution is 6.00. The van der Waals surface area contributed by atoms with Crippen molar-refractivity contribution in [3.8, 4) is 11.8 Å². The van der Waals surface area contributed by atoms with E-state index in [2.05, 4.69) is 41.0 Å². The van der Waals surface area contributed by atoms with Crippen molar-refractivity contribution in [2.75, 3.05) is 6.61 Å². The standard InChI is InChI=1S/C25H24N2O2/c1-18-8-4-5-12-24(18)25(20(3)27-29,23-13-14-26-19(2)16-23)22-11-6-9-21(17-22)10-7-15-28/h4-6,8-9,11-14,16-17,28-29H,15H2,1-3H3. The summed E-state index contributed by atoms with van der Waals surface area (Å²) < 4.78 is 0. The van der Waals surface area contributed by atoms with Crippen LogP contribution in [0, 0.1) is 25.7 Å². The van der Waals surface area contributed by atoms with Gasteiger partial charge in [0.25, 0.3) is 0 Å². The zero-order chi connectivity index (χ0) is 20.9. The van der Waals surface area contributed by atoms with Gasteiger partial charge in [-0.15, -0.1) is 0 Å². The number of aromatic nitrogens is 1. The Morgan fingerprint density at radius 2 is 1.79 bits per heavy atom. The number of pyridine rings is 1. The molecule has 146 valence electrons. The molecule has 0 saturated heterocycles. The molecule has 29 heavy (non-hydrogen) atoms. The van der Waals surface area contributed by atoms with E-state index in [4.69, 9.17) is 5.11 Å². The lowest BCUT2D eigenvalue weighted by Gasteiger charge is -2.36. The molecule has 1 unspecified atom stereocenters. The number of aliphatic hydroxyl groups is 1. The summed E-state index contributed by atoms with van der Waals surface area (Å²) in [5.41, 5.74) is 5.38. The van der Waals surface area contributed by atoms with E-state index in [9.17, 15) is 5.21 Å². The molecule has 3 aromatic rings. The van der Waals surface area contributed by atoms with Crippen molar-refractivity contribution >= 4 is 5.71 Å². The summed E-state index contributed by atoms with van der Waals surface area (Å²) in [7, 11) is 0. The van der Waals surface area contributed by atoms with Gasteiger partial charge in [-0.1, -0.05) is 53.4 Å². The van der Waals surface area contributed by atoms with Crippen molar-refractivity contribution in [2.24, 2.45) is 5.16 Å². The molecule has 2 N–H and O–H groups in total. The molecule has 0 bridgehead atoms. The second-order valence-corrected chi connectivity index (χ2v) is 6.98. The Morgan fingerprint density at radius 1 is 1.03 bits per heavy atom. The minimum Gasteiger partial charge on any atom is -0.411 e. The number of hydrogen-bond donors (Lipinski definition) is 2. The van der Waals surface area contributed by atoms with Crippen molar-refractivity contribution in [3.63, 3.8) is 0 Å². The van der Waals surface area contributed by atoms with Gasteiger partial charge in [-0.05, 0) is 67.3 Å². The maximum atomic E-state index is 9.94. The summed E-state index contributed by atoms with van der Waals surface area (Å²) in [6.45, 7) is 5.63. The van der Waals surface area contributed by atoms with E-state index in [0.717, 1.165) is 33.5 Å². The van der Waals surface area contributed by atoms with Crippen LogP contribution in [0.15, 0.2) is 72.0 Å². The second-order valence-electron chi connectivity index (χ2n) is 6.98. The summed E-state index contributed by atoms with van der Waals surface area (Å²) in [4.78, 5) is 4.35. The molecular formula is C25H24N2O2. The van der Waals surface area contributed by atoms with Crippen molar-refractivity contribution < 1.29 is 10.3 Å². The summed E-state index contributed by atoms with van der Waals surface area (Å²) in [6, 6.07) is 19.9. The van der Waals surface area contributed by atoms with E-state index >= 15 is 0 Å². The maximum Gasteiger partial charge on any atom is 0.104 e. The van der Waals surface area contributed by atoms with Gasteiger partial charge in [0.1, 0.15) is 6.61 Å². The van der Waals surface area contributed by atoms with E-state index in [1.165, 1.54) is 0 Å². The van der Waals surface area contributed by atoms with Crippen LogP contribution >= 0.6 is 0 Å². The van der Waals surface area contributed by atoms with Crippen molar-refractivity contribution in [1.82, 2.24) is 4.98 Å². The Balaban J connectivity index is 2.45. The van der Waals surface area contributed by atoms with Gasteiger partial charge in [-0.3, -0.25) is 4.98 Å². The first-order valence-electron chi connectivity index (χ1n) is 9.42. The fourth-order valence-corrected chi connectivity index (χ4v) is 3.91. The van der Waals surface area contributed by atoms with Crippen LogP contribution in [-0.4, -0.2) is 27.6 Å². The number of nitrogens with zero attached hydrogens (tertiary/aromatic N) is 2. The molecule has 1 aromatic heterocycles. The molecule has 1 heterocycles. The van der Waals surface area contributed by atoms with Crippen molar-refractivity contribution in [1.29, 1.82) is 0 Å². The predicted molar refractivity (Wildman–Crippen MR) is 115 cm³/mol. The van der Waals surface area contributed by atoms with Crippen LogP contribution in [0.4, 0.5) is 0 Å². The topological polar surface area (TPSA) is 65.7 Å². The molecule has 2 aromatic carbocycles. The lowest BCUT2D eigenvalue weighted by molar-refractivity contribution is 0.315. The van der Waals surface area contributed by atoms with Crippen LogP contribution in [0.2, 0.25) is 0 Å². The molecule has 1 atom stereocenters. The van der Waals surface area contributed by atoms with E-state index in [0.29, 0.717) is 5.71 Å². The molecule has 4 nitrogen and oxygen atoms in total. The highest BCUT2D eigenvalue weighted by Crippen LogP contribution is 2.42. The molecule has 0 aliphatic carbocycles. The Hall–Kier alpha value is -3.42. The molecule has 0 aliphatic heterocycles. The number of hydrogen-bond acceptors (Lipinski definition) is 4. The van der Waals surface area contributed by atoms with Gasteiger partial charge in [-0.2, -0.15) is 0 Å². The monoisotopic (exact) mass is 384 g/mol. The fraction of sp³-hybridized carbons (Fsp3) is 0.200. The van der Waals surface area contributed by atoms with Gasteiger partial charge in [-0.25, -0.2) is 0 Å². The SMILES string of the molecule is CC(=NO)C(c1cccc(C#CCO)c1)(c1ccnc(C)c1)c1ccccc1C. The van der Waals surface area contributed by atoms with Crippen LogP contribution in [0.5, 0.6) is 0 Å². The molecule has 0 fully saturated rings. The van der Waals surface area contributed by atoms with Crippen LogP contribution < -0.4 is 0 Å². The highest BCUT2D eigenvalue weighted by atomic mass is 16.4. The number of rotatable bonds is 4. The van der Waals surface area contributed by atoms with Crippen molar-refractivity contribution in [2.45, 2.75) is 26.2 Å². The molecule has 3 rings (SSSR count). The number of aliphatic hydroxyl groups excluding tert-OH is 1. The van der Waals surface area contributed by atoms with Gasteiger partial charge in [0, 0.05) is 17.5 Å². The minimum atomic E-state index is -0.815. The summed E-state index contributed by atoms with van der Waals surface area (Å²) >= 11 is 0. The molecule has 0 amide bonds. The van der Waals surface area contributed by atoms with E-state index in [-0.39, 0.29) is 6.61 Å². The summed E-state index contributed by atoms with van der Waals surface area (Å²) in [5.74, 6) is 5.68. The van der Waals surface area contributed by atoms with Crippen LogP contribution in [-0.2, 0) is 5.41 Å². The van der Waals surface area contributed by atoms with Gasteiger partial charge in [0.2, 0.25) is 0 Å². The second kappa shape index (κ2) is 8.72. The van der Waals surface area contributed by atoms with E-state index < -0.39 is 5.41 Å². The normalized spacial score (nSPS) is 13.3. The first-order chi connectivity index (χ1) is 14.0. The fourth-order valence-electron chi connectivity index (χ4n) is 3.91. The lowest BCUT2D eigenvalue weighted by Crippen LogP contribution is -2.38. The summed E-state index contributed by atoms with van der Waals surface area (Å²) in [6.07, 6.45) is 1.78. The largest absolute Gasteiger partial charge is 0.411 e. The summed E-state index contributed by atoms with van der Waals surface area (Å²) in [5, 5.41) is 22.7. The molecule has 0 saturated carbocycles. The third-order valence-electron chi connectivity index (χ3n) is 5.18. The molecule has 0 spiro atoms. The Morgan fingerprint density at radius 3 is 2.48 bits per heavy atom. The Labute approximate surface area is 171 Å². The first kappa shape index (κ1) is 20.3. The maximum absolute atomic E-state index is 9.94. The zero-order valence-electron chi connectivity index (χ0n) is 16.8. The van der Waals surface area contributed by atoms with Crippen LogP contribution in [0.3, 0.4) is 0 Å². The Bertz CT molecular complexity index is 1110. The number of aryl methyl sites for hydroxylation is 2. The third kappa shape index (κ3) is 3.78. The predicted octanol–water partition coefficient (Wildman–Crippen LogP) is 4.23. The lowest BCUT2D eigenvalue weighted by atomic mass is 9.65. The average Bonchev–Trinajstić information content (AvgIpc) is 2.74. The van der Waals surface area contributed by atoms with Gasteiger partial charge in [0.05, 0.1) is 11.1 Å². The molecular weight excluding hydrogens is 360 g/mol. The Kier molecular flexibility index (Phi) is 6.11. The quantitative estimate of drug-likeness (QED) is 0.306. The van der Waals surface area contributed by atoms with E-state index in [1.807, 2.05) is 62.4 Å². The van der Waals surface area contributed by atoms with Gasteiger partial charge in [0.15, 0.2) is 0 Å². The third-order valence-corrected chi connectivity index (χ3v) is 5.18. The van der Waals surface area contributed by atoms with Crippen molar-refractivity contribution in [3.05, 3.63) is 100 Å². The molecule has 0 radical (unpaired) electrons.